The van der Waals surface area contributed by atoms with E-state index < -0.39 is 15.9 Å². The number of amides is 1. The van der Waals surface area contributed by atoms with Gasteiger partial charge in [-0.2, -0.15) is 0 Å². The van der Waals surface area contributed by atoms with E-state index >= 15 is 0 Å². The van der Waals surface area contributed by atoms with E-state index in [-0.39, 0.29) is 27.5 Å². The molecule has 1 N–H and O–H groups in total. The van der Waals surface area contributed by atoms with Crippen LogP contribution in [-0.4, -0.2) is 36.3 Å². The van der Waals surface area contributed by atoms with Gasteiger partial charge in [-0.1, -0.05) is 17.4 Å². The van der Waals surface area contributed by atoms with E-state index in [0.717, 1.165) is 16.2 Å². The lowest BCUT2D eigenvalue weighted by Crippen LogP contribution is -2.12. The fraction of sp³-hybridized carbons (Fsp3) is 0.231. The van der Waals surface area contributed by atoms with Crippen LogP contribution in [0.2, 0.25) is 0 Å². The lowest BCUT2D eigenvalue weighted by molar-refractivity contribution is 0.168. The molecule has 9 nitrogen and oxygen atoms in total. The average molecular weight is 400 g/mol. The van der Waals surface area contributed by atoms with Gasteiger partial charge in [0.2, 0.25) is 25.2 Å². The molecule has 0 unspecified atom stereocenters. The standard InChI is InChI=1S/C13H12N4O5S3/c1-2-21-12(18)15-11-16-17-13(24-11)25(19,20)7-8-6-22-10(14-8)9-4-3-5-23-9/h3-6H,2,7H2,1H3,(H,15,16,18). The molecule has 0 radical (unpaired) electrons. The van der Waals surface area contributed by atoms with Gasteiger partial charge < -0.3 is 9.15 Å². The van der Waals surface area contributed by atoms with E-state index in [4.69, 9.17) is 9.15 Å². The van der Waals surface area contributed by atoms with E-state index in [2.05, 4.69) is 20.5 Å². The van der Waals surface area contributed by atoms with E-state index in [0.29, 0.717) is 5.89 Å². The summed E-state index contributed by atoms with van der Waals surface area (Å²) in [7, 11) is -3.76. The Kier molecular flexibility index (Phi) is 5.11. The van der Waals surface area contributed by atoms with Crippen molar-refractivity contribution < 1.29 is 22.4 Å². The normalized spacial score (nSPS) is 11.4. The molecule has 0 aliphatic rings. The third-order valence-corrected chi connectivity index (χ3v) is 6.57. The summed E-state index contributed by atoms with van der Waals surface area (Å²) in [5.41, 5.74) is 0.263. The zero-order chi connectivity index (χ0) is 17.9. The van der Waals surface area contributed by atoms with E-state index in [1.807, 2.05) is 17.5 Å². The van der Waals surface area contributed by atoms with Gasteiger partial charge in [0.15, 0.2) is 0 Å². The molecule has 3 rings (SSSR count). The fourth-order valence-electron chi connectivity index (χ4n) is 1.78. The van der Waals surface area contributed by atoms with Crippen LogP contribution in [0.5, 0.6) is 0 Å². The van der Waals surface area contributed by atoms with Gasteiger partial charge in [0.05, 0.1) is 17.2 Å². The molecular formula is C13H12N4O5S3. The highest BCUT2D eigenvalue weighted by molar-refractivity contribution is 7.92. The topological polar surface area (TPSA) is 124 Å². The van der Waals surface area contributed by atoms with Crippen molar-refractivity contribution in [2.45, 2.75) is 17.0 Å². The molecular weight excluding hydrogens is 388 g/mol. The first kappa shape index (κ1) is 17.5. The van der Waals surface area contributed by atoms with E-state index in [9.17, 15) is 13.2 Å². The fourth-order valence-corrected chi connectivity index (χ4v) is 4.63. The number of aromatic nitrogens is 3. The number of carbonyl (C=O) groups is 1. The van der Waals surface area contributed by atoms with Gasteiger partial charge in [-0.15, -0.1) is 21.5 Å². The summed E-state index contributed by atoms with van der Waals surface area (Å²) in [6, 6.07) is 3.67. The lowest BCUT2D eigenvalue weighted by Gasteiger charge is -1.99. The molecule has 132 valence electrons. The zero-order valence-corrected chi connectivity index (χ0v) is 15.3. The van der Waals surface area contributed by atoms with Crippen LogP contribution in [0.3, 0.4) is 0 Å². The molecule has 3 aromatic rings. The van der Waals surface area contributed by atoms with Crippen LogP contribution in [0, 0.1) is 0 Å². The third-order valence-electron chi connectivity index (χ3n) is 2.78. The molecule has 0 saturated carbocycles. The number of ether oxygens (including phenoxy) is 1. The predicted molar refractivity (Wildman–Crippen MR) is 91.3 cm³/mol. The van der Waals surface area contributed by atoms with E-state index in [1.165, 1.54) is 17.6 Å². The van der Waals surface area contributed by atoms with Crippen molar-refractivity contribution in [3.63, 3.8) is 0 Å². The molecule has 3 aromatic heterocycles. The highest BCUT2D eigenvalue weighted by atomic mass is 32.2. The summed E-state index contributed by atoms with van der Waals surface area (Å²) < 4.78 is 34.6. The summed E-state index contributed by atoms with van der Waals surface area (Å²) in [5.74, 6) is -0.0160. The number of sulfone groups is 1. The van der Waals surface area contributed by atoms with Crippen molar-refractivity contribution in [2.24, 2.45) is 0 Å². The summed E-state index contributed by atoms with van der Waals surface area (Å²) in [6.45, 7) is 1.84. The van der Waals surface area contributed by atoms with Crippen LogP contribution in [-0.2, 0) is 20.3 Å². The molecule has 1 amide bonds. The minimum atomic E-state index is -3.76. The molecule has 0 atom stereocenters. The van der Waals surface area contributed by atoms with Crippen molar-refractivity contribution in [1.82, 2.24) is 15.2 Å². The van der Waals surface area contributed by atoms with Crippen LogP contribution in [0.15, 0.2) is 32.5 Å². The van der Waals surface area contributed by atoms with Gasteiger partial charge in [0, 0.05) is 0 Å². The Bertz CT molecular complexity index is 962. The van der Waals surface area contributed by atoms with Crippen molar-refractivity contribution in [2.75, 3.05) is 11.9 Å². The van der Waals surface area contributed by atoms with Gasteiger partial charge in [0.1, 0.15) is 12.0 Å². The van der Waals surface area contributed by atoms with Crippen molar-refractivity contribution in [3.8, 4) is 10.8 Å². The molecule has 0 aliphatic carbocycles. The molecule has 0 bridgehead atoms. The van der Waals surface area contributed by atoms with E-state index in [1.54, 1.807) is 6.92 Å². The number of carbonyl (C=O) groups excluding carboxylic acids is 1. The number of nitrogens with one attached hydrogen (secondary N) is 1. The number of hydrogen-bond donors (Lipinski definition) is 1. The molecule has 0 aliphatic heterocycles. The number of nitrogens with zero attached hydrogens (tertiary/aromatic N) is 3. The number of hydrogen-bond acceptors (Lipinski definition) is 10. The Morgan fingerprint density at radius 3 is 2.96 bits per heavy atom. The molecule has 0 saturated heterocycles. The Morgan fingerprint density at radius 2 is 2.24 bits per heavy atom. The molecule has 0 fully saturated rings. The summed E-state index contributed by atoms with van der Waals surface area (Å²) in [6.07, 6.45) is 0.575. The summed E-state index contributed by atoms with van der Waals surface area (Å²) >= 11 is 2.18. The zero-order valence-electron chi connectivity index (χ0n) is 12.8. The first-order valence-corrected chi connectivity index (χ1v) is 10.3. The minimum absolute atomic E-state index is 0.0384. The number of oxazole rings is 1. The lowest BCUT2D eigenvalue weighted by atomic mass is 10.5. The number of anilines is 1. The molecule has 3 heterocycles. The SMILES string of the molecule is CCOC(=O)Nc1nnc(S(=O)(=O)Cc2coc(-c3cccs3)n2)s1. The van der Waals surface area contributed by atoms with Crippen LogP contribution in [0.4, 0.5) is 9.93 Å². The number of rotatable bonds is 6. The van der Waals surface area contributed by atoms with Gasteiger partial charge in [-0.05, 0) is 18.4 Å². The maximum Gasteiger partial charge on any atom is 0.413 e. The average Bonchev–Trinajstić information content (AvgIpc) is 3.27. The highest BCUT2D eigenvalue weighted by Crippen LogP contribution is 2.26. The third kappa shape index (κ3) is 4.21. The first-order chi connectivity index (χ1) is 12.0. The van der Waals surface area contributed by atoms with Gasteiger partial charge in [-0.25, -0.2) is 18.2 Å². The maximum absolute atomic E-state index is 12.4. The van der Waals surface area contributed by atoms with Crippen molar-refractivity contribution in [3.05, 3.63) is 29.5 Å². The Labute approximate surface area is 150 Å². The van der Waals surface area contributed by atoms with Crippen LogP contribution >= 0.6 is 22.7 Å². The van der Waals surface area contributed by atoms with Crippen LogP contribution in [0.25, 0.3) is 10.8 Å². The molecule has 12 heteroatoms. The maximum atomic E-state index is 12.4. The second-order valence-corrected chi connectivity index (χ2v) is 8.69. The highest BCUT2D eigenvalue weighted by Gasteiger charge is 2.24. The second-order valence-electron chi connectivity index (χ2n) is 4.60. The van der Waals surface area contributed by atoms with Gasteiger partial charge in [0.25, 0.3) is 0 Å². The Balaban J connectivity index is 1.72. The Hall–Kier alpha value is -2.31. The van der Waals surface area contributed by atoms with Crippen LogP contribution < -0.4 is 5.32 Å². The van der Waals surface area contributed by atoms with Crippen LogP contribution in [0.1, 0.15) is 12.6 Å². The van der Waals surface area contributed by atoms with Gasteiger partial charge >= 0.3 is 6.09 Å². The van der Waals surface area contributed by atoms with Crippen molar-refractivity contribution >= 4 is 43.7 Å². The number of thiophene rings is 1. The molecule has 0 aromatic carbocycles. The largest absolute Gasteiger partial charge is 0.450 e. The van der Waals surface area contributed by atoms with Gasteiger partial charge in [-0.3, -0.25) is 5.32 Å². The summed E-state index contributed by atoms with van der Waals surface area (Å²) in [5, 5.41) is 11.5. The molecule has 0 spiro atoms. The summed E-state index contributed by atoms with van der Waals surface area (Å²) in [4.78, 5) is 16.3. The first-order valence-electron chi connectivity index (χ1n) is 6.96. The molecule has 25 heavy (non-hydrogen) atoms. The smallest absolute Gasteiger partial charge is 0.413 e. The minimum Gasteiger partial charge on any atom is -0.450 e. The Morgan fingerprint density at radius 1 is 1.40 bits per heavy atom. The monoisotopic (exact) mass is 400 g/mol. The predicted octanol–water partition coefficient (Wildman–Crippen LogP) is 2.80. The van der Waals surface area contributed by atoms with Crippen molar-refractivity contribution in [1.29, 1.82) is 0 Å². The quantitative estimate of drug-likeness (QED) is 0.626. The second kappa shape index (κ2) is 7.29.